The third-order valence-corrected chi connectivity index (χ3v) is 5.88. The van der Waals surface area contributed by atoms with Crippen molar-refractivity contribution in [3.05, 3.63) is 57.0 Å². The number of ether oxygens (including phenoxy) is 2. The van der Waals surface area contributed by atoms with Crippen LogP contribution in [-0.2, 0) is 9.59 Å². The Kier molecular flexibility index (Phi) is 9.12. The molecule has 2 aromatic rings. The molecule has 0 saturated carbocycles. The monoisotopic (exact) mass is 548 g/mol. The van der Waals surface area contributed by atoms with E-state index < -0.39 is 17.8 Å². The van der Waals surface area contributed by atoms with Gasteiger partial charge < -0.3 is 9.47 Å². The zero-order chi connectivity index (χ0) is 24.7. The van der Waals surface area contributed by atoms with Crippen LogP contribution in [0, 0.1) is 0 Å². The van der Waals surface area contributed by atoms with Crippen molar-refractivity contribution in [2.75, 3.05) is 18.1 Å². The molecule has 1 fully saturated rings. The number of carbonyl (C=O) groups excluding carboxylic acids is 3. The minimum absolute atomic E-state index is 0.192. The van der Waals surface area contributed by atoms with Crippen LogP contribution in [0.2, 0.25) is 5.02 Å². The molecule has 0 bridgehead atoms. The number of amides is 4. The Morgan fingerprint density at radius 2 is 1.85 bits per heavy atom. The molecule has 0 unspecified atom stereocenters. The highest BCUT2D eigenvalue weighted by Crippen LogP contribution is 2.38. The molecular formula is C25H26BrClN2O5. The molecular weight excluding hydrogens is 524 g/mol. The summed E-state index contributed by atoms with van der Waals surface area (Å²) in [6, 6.07) is 8.87. The average Bonchev–Trinajstić information content (AvgIpc) is 2.78. The fourth-order valence-electron chi connectivity index (χ4n) is 3.45. The number of hydrogen-bond acceptors (Lipinski definition) is 5. The van der Waals surface area contributed by atoms with Crippen LogP contribution in [0.4, 0.5) is 10.5 Å². The topological polar surface area (TPSA) is 84.9 Å². The van der Waals surface area contributed by atoms with Crippen LogP contribution in [-0.4, -0.2) is 31.1 Å². The molecule has 1 aliphatic heterocycles. The number of anilines is 1. The lowest BCUT2D eigenvalue weighted by atomic mass is 10.1. The molecule has 7 nitrogen and oxygen atoms in total. The zero-order valence-electron chi connectivity index (χ0n) is 19.0. The van der Waals surface area contributed by atoms with Gasteiger partial charge in [-0.05, 0) is 71.2 Å². The maximum Gasteiger partial charge on any atom is 0.335 e. The predicted octanol–water partition coefficient (Wildman–Crippen LogP) is 6.13. The van der Waals surface area contributed by atoms with E-state index in [1.54, 1.807) is 30.3 Å². The molecule has 0 atom stereocenters. The van der Waals surface area contributed by atoms with E-state index in [-0.39, 0.29) is 11.3 Å². The van der Waals surface area contributed by atoms with Crippen molar-refractivity contribution < 1.29 is 23.9 Å². The Morgan fingerprint density at radius 3 is 2.56 bits per heavy atom. The largest absolute Gasteiger partial charge is 0.490 e. The lowest BCUT2D eigenvalue weighted by Gasteiger charge is -2.26. The number of imide groups is 2. The van der Waals surface area contributed by atoms with Gasteiger partial charge in [-0.3, -0.25) is 14.9 Å². The Morgan fingerprint density at radius 1 is 1.06 bits per heavy atom. The van der Waals surface area contributed by atoms with Gasteiger partial charge in [0.25, 0.3) is 11.8 Å². The van der Waals surface area contributed by atoms with Gasteiger partial charge >= 0.3 is 6.03 Å². The van der Waals surface area contributed by atoms with Gasteiger partial charge in [0.2, 0.25) is 0 Å². The first-order chi connectivity index (χ1) is 16.3. The van der Waals surface area contributed by atoms with Gasteiger partial charge in [0.1, 0.15) is 5.57 Å². The molecule has 0 spiro atoms. The van der Waals surface area contributed by atoms with E-state index in [0.717, 1.165) is 30.6 Å². The van der Waals surface area contributed by atoms with Gasteiger partial charge in [-0.15, -0.1) is 0 Å². The van der Waals surface area contributed by atoms with Crippen LogP contribution < -0.4 is 19.7 Å². The summed E-state index contributed by atoms with van der Waals surface area (Å²) < 4.78 is 12.3. The number of benzene rings is 2. The maximum absolute atomic E-state index is 13.1. The van der Waals surface area contributed by atoms with Crippen LogP contribution >= 0.6 is 27.5 Å². The molecule has 1 saturated heterocycles. The van der Waals surface area contributed by atoms with E-state index in [2.05, 4.69) is 28.2 Å². The predicted molar refractivity (Wildman–Crippen MR) is 135 cm³/mol. The van der Waals surface area contributed by atoms with Crippen LogP contribution in [0.15, 0.2) is 46.4 Å². The Labute approximate surface area is 212 Å². The Bertz CT molecular complexity index is 1120. The molecule has 2 aromatic carbocycles. The van der Waals surface area contributed by atoms with E-state index in [0.29, 0.717) is 39.8 Å². The Hall–Kier alpha value is -2.84. The standard InChI is InChI=1S/C25H26BrClN2O5/c1-3-5-6-7-11-34-22-20(26)13-16(14-21(22)33-4-2)12-19-23(30)28-25(32)29(24(19)31)18-10-8-9-17(27)15-18/h8-10,12-15H,3-7,11H2,1-2H3,(H,28,30,32)/b19-12+. The van der Waals surface area contributed by atoms with Crippen molar-refractivity contribution in [2.45, 2.75) is 39.5 Å². The van der Waals surface area contributed by atoms with Gasteiger partial charge in [-0.1, -0.05) is 43.9 Å². The summed E-state index contributed by atoms with van der Waals surface area (Å²) in [7, 11) is 0. The summed E-state index contributed by atoms with van der Waals surface area (Å²) in [5.41, 5.74) is 0.603. The molecule has 0 radical (unpaired) electrons. The average molecular weight is 550 g/mol. The fraction of sp³-hybridized carbons (Fsp3) is 0.320. The molecule has 180 valence electrons. The quantitative estimate of drug-likeness (QED) is 0.219. The van der Waals surface area contributed by atoms with E-state index in [1.807, 2.05) is 6.92 Å². The molecule has 3 rings (SSSR count). The first-order valence-corrected chi connectivity index (χ1v) is 12.3. The van der Waals surface area contributed by atoms with Crippen molar-refractivity contribution in [2.24, 2.45) is 0 Å². The highest BCUT2D eigenvalue weighted by molar-refractivity contribution is 9.10. The summed E-state index contributed by atoms with van der Waals surface area (Å²) in [5, 5.41) is 2.56. The summed E-state index contributed by atoms with van der Waals surface area (Å²) in [5.74, 6) is -0.471. The molecule has 1 N–H and O–H groups in total. The zero-order valence-corrected chi connectivity index (χ0v) is 21.4. The molecule has 34 heavy (non-hydrogen) atoms. The number of barbiturate groups is 1. The molecule has 0 aliphatic carbocycles. The number of nitrogens with zero attached hydrogens (tertiary/aromatic N) is 1. The SMILES string of the molecule is CCCCCCOc1c(Br)cc(/C=C2\C(=O)NC(=O)N(c3cccc(Cl)c3)C2=O)cc1OCC. The third kappa shape index (κ3) is 6.18. The highest BCUT2D eigenvalue weighted by Gasteiger charge is 2.37. The summed E-state index contributed by atoms with van der Waals surface area (Å²) in [4.78, 5) is 38.9. The fourth-order valence-corrected chi connectivity index (χ4v) is 4.21. The first kappa shape index (κ1) is 25.8. The van der Waals surface area contributed by atoms with Crippen molar-refractivity contribution in [1.82, 2.24) is 5.32 Å². The highest BCUT2D eigenvalue weighted by atomic mass is 79.9. The van der Waals surface area contributed by atoms with Crippen molar-refractivity contribution >= 4 is 57.1 Å². The van der Waals surface area contributed by atoms with Crippen LogP contribution in [0.25, 0.3) is 6.08 Å². The number of urea groups is 1. The number of rotatable bonds is 10. The number of halogens is 2. The number of unbranched alkanes of at least 4 members (excludes halogenated alkanes) is 3. The molecule has 4 amide bonds. The van der Waals surface area contributed by atoms with E-state index in [4.69, 9.17) is 21.1 Å². The van der Waals surface area contributed by atoms with Crippen LogP contribution in [0.5, 0.6) is 11.5 Å². The second kappa shape index (κ2) is 12.0. The van der Waals surface area contributed by atoms with E-state index in [9.17, 15) is 14.4 Å². The second-order valence-electron chi connectivity index (χ2n) is 7.61. The van der Waals surface area contributed by atoms with Gasteiger partial charge in [0.05, 0.1) is 23.4 Å². The number of carbonyl (C=O) groups is 3. The van der Waals surface area contributed by atoms with Crippen LogP contribution in [0.3, 0.4) is 0 Å². The molecule has 1 heterocycles. The van der Waals surface area contributed by atoms with E-state index >= 15 is 0 Å². The first-order valence-electron chi connectivity index (χ1n) is 11.1. The molecule has 1 aliphatic rings. The van der Waals surface area contributed by atoms with Crippen molar-refractivity contribution in [3.8, 4) is 11.5 Å². The van der Waals surface area contributed by atoms with Gasteiger partial charge in [0, 0.05) is 5.02 Å². The molecule has 0 aromatic heterocycles. The number of nitrogens with one attached hydrogen (secondary N) is 1. The summed E-state index contributed by atoms with van der Waals surface area (Å²) in [6.07, 6.45) is 5.73. The minimum Gasteiger partial charge on any atom is -0.490 e. The Balaban J connectivity index is 1.91. The lowest BCUT2D eigenvalue weighted by Crippen LogP contribution is -2.54. The lowest BCUT2D eigenvalue weighted by molar-refractivity contribution is -0.122. The minimum atomic E-state index is -0.836. The number of hydrogen-bond donors (Lipinski definition) is 1. The normalized spacial score (nSPS) is 15.0. The van der Waals surface area contributed by atoms with Gasteiger partial charge in [-0.2, -0.15) is 0 Å². The van der Waals surface area contributed by atoms with Gasteiger partial charge in [0.15, 0.2) is 11.5 Å². The van der Waals surface area contributed by atoms with Crippen molar-refractivity contribution in [3.63, 3.8) is 0 Å². The molecule has 9 heteroatoms. The van der Waals surface area contributed by atoms with Crippen LogP contribution in [0.1, 0.15) is 45.1 Å². The van der Waals surface area contributed by atoms with Crippen molar-refractivity contribution in [1.29, 1.82) is 0 Å². The van der Waals surface area contributed by atoms with E-state index in [1.165, 1.54) is 12.1 Å². The smallest absolute Gasteiger partial charge is 0.335 e. The van der Waals surface area contributed by atoms with Gasteiger partial charge in [-0.25, -0.2) is 9.69 Å². The maximum atomic E-state index is 13.1. The summed E-state index contributed by atoms with van der Waals surface area (Å²) in [6.45, 7) is 4.97. The summed E-state index contributed by atoms with van der Waals surface area (Å²) >= 11 is 9.53. The second-order valence-corrected chi connectivity index (χ2v) is 8.90. The third-order valence-electron chi connectivity index (χ3n) is 5.06.